The topological polar surface area (TPSA) is 89.5 Å². The zero-order valence-corrected chi connectivity index (χ0v) is 16.9. The summed E-state index contributed by atoms with van der Waals surface area (Å²) in [5.74, 6) is -0.140. The molecule has 0 unspecified atom stereocenters. The Hall–Kier alpha value is -2.45. The molecule has 0 aliphatic carbocycles. The molecule has 0 N–H and O–H groups in total. The average Bonchev–Trinajstić information content (AvgIpc) is 2.73. The van der Waals surface area contributed by atoms with Crippen molar-refractivity contribution >= 4 is 33.4 Å². The molecule has 1 aromatic heterocycles. The SMILES string of the molecule is COc1ncc(S(=O)(=O)C2CCN(C(=O)/C=C/c3ccc(Cl)cc3)CC2)cn1. The number of benzene rings is 1. The van der Waals surface area contributed by atoms with Gasteiger partial charge in [0.1, 0.15) is 4.90 Å². The zero-order valence-electron chi connectivity index (χ0n) is 15.3. The van der Waals surface area contributed by atoms with E-state index in [1.165, 1.54) is 25.6 Å². The summed E-state index contributed by atoms with van der Waals surface area (Å²) in [5.41, 5.74) is 0.870. The lowest BCUT2D eigenvalue weighted by Gasteiger charge is -2.31. The first-order chi connectivity index (χ1) is 13.4. The number of hydrogen-bond acceptors (Lipinski definition) is 6. The second-order valence-corrected chi connectivity index (χ2v) is 9.02. The van der Waals surface area contributed by atoms with Crippen LogP contribution in [0.5, 0.6) is 6.01 Å². The molecule has 1 saturated heterocycles. The number of hydrogen-bond donors (Lipinski definition) is 0. The van der Waals surface area contributed by atoms with Gasteiger partial charge in [-0.1, -0.05) is 23.7 Å². The first-order valence-corrected chi connectivity index (χ1v) is 10.6. The monoisotopic (exact) mass is 421 g/mol. The molecule has 2 aromatic rings. The van der Waals surface area contributed by atoms with Gasteiger partial charge in [0.15, 0.2) is 9.84 Å². The first kappa shape index (κ1) is 20.3. The third-order valence-electron chi connectivity index (χ3n) is 4.60. The Bertz CT molecular complexity index is 952. The zero-order chi connectivity index (χ0) is 20.1. The highest BCUT2D eigenvalue weighted by atomic mass is 35.5. The summed E-state index contributed by atoms with van der Waals surface area (Å²) < 4.78 is 30.4. The van der Waals surface area contributed by atoms with Crippen molar-refractivity contribution in [2.45, 2.75) is 23.0 Å². The lowest BCUT2D eigenvalue weighted by molar-refractivity contribution is -0.126. The molecule has 1 aliphatic rings. The van der Waals surface area contributed by atoms with Gasteiger partial charge in [0.2, 0.25) is 5.91 Å². The van der Waals surface area contributed by atoms with Crippen molar-refractivity contribution in [3.8, 4) is 6.01 Å². The van der Waals surface area contributed by atoms with Gasteiger partial charge in [-0.3, -0.25) is 4.79 Å². The number of aromatic nitrogens is 2. The Morgan fingerprint density at radius 3 is 2.36 bits per heavy atom. The van der Waals surface area contributed by atoms with E-state index in [9.17, 15) is 13.2 Å². The maximum Gasteiger partial charge on any atom is 0.316 e. The molecule has 28 heavy (non-hydrogen) atoms. The summed E-state index contributed by atoms with van der Waals surface area (Å²) in [7, 11) is -2.13. The lowest BCUT2D eigenvalue weighted by atomic mass is 10.1. The van der Waals surface area contributed by atoms with Gasteiger partial charge < -0.3 is 9.64 Å². The number of sulfone groups is 1. The average molecular weight is 422 g/mol. The number of amides is 1. The molecule has 3 rings (SSSR count). The van der Waals surface area contributed by atoms with Crippen molar-refractivity contribution in [2.75, 3.05) is 20.2 Å². The van der Waals surface area contributed by atoms with Gasteiger partial charge in [-0.25, -0.2) is 18.4 Å². The Kier molecular flexibility index (Phi) is 6.31. The summed E-state index contributed by atoms with van der Waals surface area (Å²) >= 11 is 5.84. The van der Waals surface area contributed by atoms with E-state index in [2.05, 4.69) is 9.97 Å². The van der Waals surface area contributed by atoms with Gasteiger partial charge in [-0.2, -0.15) is 0 Å². The molecule has 7 nitrogen and oxygen atoms in total. The smallest absolute Gasteiger partial charge is 0.316 e. The third-order valence-corrected chi connectivity index (χ3v) is 7.07. The maximum absolute atomic E-state index is 12.8. The molecule has 1 aliphatic heterocycles. The number of carbonyl (C=O) groups excluding carboxylic acids is 1. The Balaban J connectivity index is 1.59. The van der Waals surface area contributed by atoms with Crippen molar-refractivity contribution < 1.29 is 17.9 Å². The van der Waals surface area contributed by atoms with Gasteiger partial charge in [0.25, 0.3) is 0 Å². The van der Waals surface area contributed by atoms with E-state index >= 15 is 0 Å². The van der Waals surface area contributed by atoms with Crippen molar-refractivity contribution in [1.82, 2.24) is 14.9 Å². The molecule has 0 radical (unpaired) electrons. The predicted molar refractivity (Wildman–Crippen MR) is 106 cm³/mol. The van der Waals surface area contributed by atoms with Gasteiger partial charge in [0, 0.05) is 24.2 Å². The molecule has 148 valence electrons. The summed E-state index contributed by atoms with van der Waals surface area (Å²) in [6.45, 7) is 0.759. The number of likely N-dealkylation sites (tertiary alicyclic amines) is 1. The number of methoxy groups -OCH3 is 1. The molecule has 0 saturated carbocycles. The van der Waals surface area contributed by atoms with Crippen LogP contribution < -0.4 is 4.74 Å². The van der Waals surface area contributed by atoms with E-state index in [1.54, 1.807) is 23.1 Å². The van der Waals surface area contributed by atoms with Crippen molar-refractivity contribution in [2.24, 2.45) is 0 Å². The van der Waals surface area contributed by atoms with Crippen LogP contribution in [0.25, 0.3) is 6.08 Å². The molecule has 0 atom stereocenters. The van der Waals surface area contributed by atoms with Crippen LogP contribution in [-0.4, -0.2) is 54.6 Å². The summed E-state index contributed by atoms with van der Waals surface area (Å²) in [5, 5.41) is 0.0720. The number of ether oxygens (including phenoxy) is 1. The van der Waals surface area contributed by atoms with Crippen LogP contribution in [0.15, 0.2) is 47.6 Å². The molecule has 0 spiro atoms. The van der Waals surface area contributed by atoms with E-state index in [0.29, 0.717) is 31.0 Å². The fourth-order valence-electron chi connectivity index (χ4n) is 2.98. The van der Waals surface area contributed by atoms with E-state index < -0.39 is 15.1 Å². The van der Waals surface area contributed by atoms with Gasteiger partial charge in [0.05, 0.1) is 24.8 Å². The highest BCUT2D eigenvalue weighted by Crippen LogP contribution is 2.24. The lowest BCUT2D eigenvalue weighted by Crippen LogP contribution is -2.41. The van der Waals surface area contributed by atoms with Crippen LogP contribution in [-0.2, 0) is 14.6 Å². The second-order valence-electron chi connectivity index (χ2n) is 6.36. The first-order valence-electron chi connectivity index (χ1n) is 8.72. The predicted octanol–water partition coefficient (Wildman–Crippen LogP) is 2.62. The second kappa shape index (κ2) is 8.70. The number of rotatable bonds is 5. The van der Waals surface area contributed by atoms with Gasteiger partial charge in [-0.05, 0) is 36.6 Å². The van der Waals surface area contributed by atoms with E-state index in [0.717, 1.165) is 5.56 Å². The Labute approximate surface area is 168 Å². The van der Waals surface area contributed by atoms with Crippen LogP contribution in [0.4, 0.5) is 0 Å². The van der Waals surface area contributed by atoms with Crippen molar-refractivity contribution in [1.29, 1.82) is 0 Å². The normalized spacial score (nSPS) is 15.7. The van der Waals surface area contributed by atoms with E-state index in [4.69, 9.17) is 16.3 Å². The highest BCUT2D eigenvalue weighted by molar-refractivity contribution is 7.92. The summed E-state index contributed by atoms with van der Waals surface area (Å²) in [6.07, 6.45) is 6.47. The third kappa shape index (κ3) is 4.69. The molecule has 0 bridgehead atoms. The van der Waals surface area contributed by atoms with Crippen LogP contribution in [0.1, 0.15) is 18.4 Å². The number of halogens is 1. The van der Waals surface area contributed by atoms with Gasteiger partial charge >= 0.3 is 6.01 Å². The Morgan fingerprint density at radius 2 is 1.79 bits per heavy atom. The minimum absolute atomic E-state index is 0.0701. The Morgan fingerprint density at radius 1 is 1.18 bits per heavy atom. The molecule has 1 aromatic carbocycles. The fraction of sp³-hybridized carbons (Fsp3) is 0.316. The summed E-state index contributed by atoms with van der Waals surface area (Å²) in [4.78, 5) is 21.8. The standard InChI is InChI=1S/C19H20ClN3O4S/c1-27-19-21-12-17(13-22-19)28(25,26)16-8-10-23(11-9-16)18(24)7-4-14-2-5-15(20)6-3-14/h2-7,12-13,16H,8-11H2,1H3/b7-4+. The summed E-state index contributed by atoms with van der Waals surface area (Å²) in [6, 6.07) is 7.27. The fourth-order valence-corrected chi connectivity index (χ4v) is 4.72. The molecular formula is C19H20ClN3O4S. The van der Waals surface area contributed by atoms with E-state index in [-0.39, 0.29) is 16.8 Å². The quantitative estimate of drug-likeness (QED) is 0.689. The minimum atomic E-state index is -3.54. The minimum Gasteiger partial charge on any atom is -0.467 e. The highest BCUT2D eigenvalue weighted by Gasteiger charge is 2.32. The molecule has 1 fully saturated rings. The molecule has 9 heteroatoms. The van der Waals surface area contributed by atoms with Crippen LogP contribution >= 0.6 is 11.6 Å². The number of carbonyl (C=O) groups is 1. The van der Waals surface area contributed by atoms with Crippen LogP contribution in [0.2, 0.25) is 5.02 Å². The molecule has 2 heterocycles. The van der Waals surface area contributed by atoms with Crippen LogP contribution in [0.3, 0.4) is 0 Å². The largest absolute Gasteiger partial charge is 0.467 e. The maximum atomic E-state index is 12.8. The van der Waals surface area contributed by atoms with Gasteiger partial charge in [-0.15, -0.1) is 0 Å². The molecular weight excluding hydrogens is 402 g/mol. The number of piperidine rings is 1. The van der Waals surface area contributed by atoms with Crippen molar-refractivity contribution in [3.05, 3.63) is 53.3 Å². The van der Waals surface area contributed by atoms with Crippen molar-refractivity contribution in [3.63, 3.8) is 0 Å². The number of nitrogens with zero attached hydrogens (tertiary/aromatic N) is 3. The van der Waals surface area contributed by atoms with Crippen LogP contribution in [0, 0.1) is 0 Å². The molecule has 1 amide bonds. The van der Waals surface area contributed by atoms with E-state index in [1.807, 2.05) is 12.1 Å².